The minimum Gasteiger partial charge on any atom is -0.421 e. The molecule has 1 atom stereocenters. The van der Waals surface area contributed by atoms with Crippen molar-refractivity contribution in [3.05, 3.63) is 82.1 Å². The molecule has 1 fully saturated rings. The summed E-state index contributed by atoms with van der Waals surface area (Å²) in [6.45, 7) is 2.70. The zero-order chi connectivity index (χ0) is 23.1. The highest BCUT2D eigenvalue weighted by Crippen LogP contribution is 2.36. The SMILES string of the molecule is Cc1ccccc1-n1nc(-c2oc(N3CCC(O)C3)nc2-c2ccc(F)cc2F)ccc1=O. The Hall–Kier alpha value is -3.85. The highest BCUT2D eigenvalue weighted by Gasteiger charge is 2.28. The zero-order valence-electron chi connectivity index (χ0n) is 17.7. The molecule has 1 saturated heterocycles. The lowest BCUT2D eigenvalue weighted by atomic mass is 10.1. The fraction of sp³-hybridized carbons (Fsp3) is 0.208. The molecule has 0 spiro atoms. The van der Waals surface area contributed by atoms with Crippen LogP contribution in [0.4, 0.5) is 14.8 Å². The molecule has 3 heterocycles. The first-order valence-corrected chi connectivity index (χ1v) is 10.5. The van der Waals surface area contributed by atoms with Gasteiger partial charge in [-0.15, -0.1) is 0 Å². The molecule has 0 amide bonds. The van der Waals surface area contributed by atoms with Crippen molar-refractivity contribution in [2.75, 3.05) is 18.0 Å². The number of rotatable bonds is 4. The van der Waals surface area contributed by atoms with Gasteiger partial charge in [0, 0.05) is 30.8 Å². The summed E-state index contributed by atoms with van der Waals surface area (Å²) in [7, 11) is 0. The Labute approximate surface area is 187 Å². The first kappa shape index (κ1) is 21.0. The number of anilines is 1. The van der Waals surface area contributed by atoms with Gasteiger partial charge in [-0.25, -0.2) is 8.78 Å². The summed E-state index contributed by atoms with van der Waals surface area (Å²) in [4.78, 5) is 18.8. The molecule has 5 rings (SSSR count). The van der Waals surface area contributed by atoms with E-state index in [9.17, 15) is 18.7 Å². The van der Waals surface area contributed by atoms with Crippen LogP contribution in [0, 0.1) is 18.6 Å². The normalized spacial score (nSPS) is 15.9. The molecule has 1 aliphatic rings. The van der Waals surface area contributed by atoms with E-state index < -0.39 is 17.7 Å². The van der Waals surface area contributed by atoms with Gasteiger partial charge in [-0.2, -0.15) is 14.8 Å². The second-order valence-electron chi connectivity index (χ2n) is 7.94. The van der Waals surface area contributed by atoms with Crippen molar-refractivity contribution >= 4 is 6.01 Å². The maximum atomic E-state index is 14.7. The lowest BCUT2D eigenvalue weighted by molar-refractivity contribution is 0.198. The smallest absolute Gasteiger partial charge is 0.298 e. The number of hydrogen-bond acceptors (Lipinski definition) is 6. The van der Waals surface area contributed by atoms with Crippen LogP contribution in [0.25, 0.3) is 28.4 Å². The van der Waals surface area contributed by atoms with E-state index in [1.807, 2.05) is 19.1 Å². The summed E-state index contributed by atoms with van der Waals surface area (Å²) in [6, 6.07) is 13.5. The van der Waals surface area contributed by atoms with Gasteiger partial charge in [0.2, 0.25) is 0 Å². The summed E-state index contributed by atoms with van der Waals surface area (Å²) >= 11 is 0. The van der Waals surface area contributed by atoms with Crippen LogP contribution >= 0.6 is 0 Å². The molecular formula is C24H20F2N4O3. The third-order valence-electron chi connectivity index (χ3n) is 5.61. The molecule has 2 aromatic carbocycles. The quantitative estimate of drug-likeness (QED) is 0.510. The van der Waals surface area contributed by atoms with E-state index in [2.05, 4.69) is 10.1 Å². The maximum absolute atomic E-state index is 14.7. The van der Waals surface area contributed by atoms with Gasteiger partial charge in [0.15, 0.2) is 5.76 Å². The minimum absolute atomic E-state index is 0.0385. The molecule has 1 unspecified atom stereocenters. The highest BCUT2D eigenvalue weighted by molar-refractivity contribution is 5.76. The topological polar surface area (TPSA) is 84.4 Å². The van der Waals surface area contributed by atoms with E-state index in [4.69, 9.17) is 4.42 Å². The van der Waals surface area contributed by atoms with E-state index in [0.29, 0.717) is 25.2 Å². The molecule has 2 aromatic heterocycles. The molecule has 0 bridgehead atoms. The van der Waals surface area contributed by atoms with Crippen LogP contribution in [0.3, 0.4) is 0 Å². The largest absolute Gasteiger partial charge is 0.421 e. The Kier molecular flexibility index (Phi) is 5.26. The van der Waals surface area contributed by atoms with Crippen LogP contribution in [0.15, 0.2) is 63.8 Å². The summed E-state index contributed by atoms with van der Waals surface area (Å²) in [5, 5.41) is 14.4. The van der Waals surface area contributed by atoms with Crippen LogP contribution in [0.2, 0.25) is 0 Å². The van der Waals surface area contributed by atoms with Gasteiger partial charge in [0.1, 0.15) is 23.0 Å². The number of hydrogen-bond donors (Lipinski definition) is 1. The highest BCUT2D eigenvalue weighted by atomic mass is 19.1. The number of aryl methyl sites for hydroxylation is 1. The fourth-order valence-corrected chi connectivity index (χ4v) is 3.90. The average Bonchev–Trinajstić information content (AvgIpc) is 3.41. The van der Waals surface area contributed by atoms with E-state index in [1.54, 1.807) is 17.0 Å². The molecule has 0 aliphatic carbocycles. The third-order valence-corrected chi connectivity index (χ3v) is 5.61. The second-order valence-corrected chi connectivity index (χ2v) is 7.94. The number of benzene rings is 2. The maximum Gasteiger partial charge on any atom is 0.298 e. The molecular weight excluding hydrogens is 430 g/mol. The molecule has 33 heavy (non-hydrogen) atoms. The van der Waals surface area contributed by atoms with Crippen LogP contribution in [0.1, 0.15) is 12.0 Å². The van der Waals surface area contributed by atoms with Crippen molar-refractivity contribution in [2.24, 2.45) is 0 Å². The van der Waals surface area contributed by atoms with Crippen molar-refractivity contribution in [1.29, 1.82) is 0 Å². The summed E-state index contributed by atoms with van der Waals surface area (Å²) < 4.78 is 35.5. The van der Waals surface area contributed by atoms with Crippen LogP contribution in [-0.2, 0) is 0 Å². The van der Waals surface area contributed by atoms with Gasteiger partial charge in [-0.3, -0.25) is 4.79 Å². The number of β-amino-alcohol motifs (C(OH)–C–C–N with tert-alkyl or cyclic N) is 1. The van der Waals surface area contributed by atoms with Gasteiger partial charge in [-0.05, 0) is 43.2 Å². The second kappa shape index (κ2) is 8.25. The number of para-hydroxylation sites is 1. The Morgan fingerprint density at radius 2 is 1.94 bits per heavy atom. The van der Waals surface area contributed by atoms with Crippen molar-refractivity contribution in [1.82, 2.24) is 14.8 Å². The van der Waals surface area contributed by atoms with E-state index in [1.165, 1.54) is 22.9 Å². The number of aliphatic hydroxyl groups is 1. The van der Waals surface area contributed by atoms with Gasteiger partial charge in [0.05, 0.1) is 11.8 Å². The monoisotopic (exact) mass is 450 g/mol. The van der Waals surface area contributed by atoms with Crippen molar-refractivity contribution < 1.29 is 18.3 Å². The average molecular weight is 450 g/mol. The zero-order valence-corrected chi connectivity index (χ0v) is 17.7. The Bertz CT molecular complexity index is 1400. The van der Waals surface area contributed by atoms with Crippen LogP contribution in [-0.4, -0.2) is 39.1 Å². The molecule has 0 radical (unpaired) electrons. The van der Waals surface area contributed by atoms with Gasteiger partial charge in [-0.1, -0.05) is 18.2 Å². The molecule has 0 saturated carbocycles. The van der Waals surface area contributed by atoms with E-state index in [0.717, 1.165) is 17.7 Å². The number of oxazole rings is 1. The molecule has 9 heteroatoms. The van der Waals surface area contributed by atoms with Crippen LogP contribution in [0.5, 0.6) is 0 Å². The Morgan fingerprint density at radius 3 is 2.67 bits per heavy atom. The lowest BCUT2D eigenvalue weighted by Crippen LogP contribution is -2.21. The third kappa shape index (κ3) is 3.91. The molecule has 1 N–H and O–H groups in total. The number of nitrogens with zero attached hydrogens (tertiary/aromatic N) is 4. The Balaban J connectivity index is 1.69. The number of aliphatic hydroxyl groups excluding tert-OH is 1. The van der Waals surface area contributed by atoms with E-state index >= 15 is 0 Å². The predicted molar refractivity (Wildman–Crippen MR) is 118 cm³/mol. The molecule has 4 aromatic rings. The summed E-state index contributed by atoms with van der Waals surface area (Å²) in [5.74, 6) is -1.38. The Morgan fingerprint density at radius 1 is 1.12 bits per heavy atom. The first-order valence-electron chi connectivity index (χ1n) is 10.5. The lowest BCUT2D eigenvalue weighted by Gasteiger charge is -2.11. The first-order chi connectivity index (χ1) is 15.9. The number of aromatic nitrogens is 3. The fourth-order valence-electron chi connectivity index (χ4n) is 3.90. The van der Waals surface area contributed by atoms with Gasteiger partial charge >= 0.3 is 0 Å². The standard InChI is InChI=1S/C24H20F2N4O3/c1-14-4-2-3-5-20(14)30-21(32)9-8-19(28-30)23-22(17-7-6-15(25)12-18(17)26)27-24(33-23)29-11-10-16(31)13-29/h2-9,12,16,31H,10-11,13H2,1H3. The molecule has 7 nitrogen and oxygen atoms in total. The molecule has 1 aliphatic heterocycles. The summed E-state index contributed by atoms with van der Waals surface area (Å²) in [5.41, 5.74) is 1.53. The number of halogens is 2. The van der Waals surface area contributed by atoms with Gasteiger partial charge < -0.3 is 14.4 Å². The van der Waals surface area contributed by atoms with Crippen LogP contribution < -0.4 is 10.5 Å². The van der Waals surface area contributed by atoms with Gasteiger partial charge in [0.25, 0.3) is 11.6 Å². The molecule has 168 valence electrons. The van der Waals surface area contributed by atoms with E-state index in [-0.39, 0.29) is 34.3 Å². The van der Waals surface area contributed by atoms with Crippen molar-refractivity contribution in [2.45, 2.75) is 19.4 Å². The minimum atomic E-state index is -0.801. The summed E-state index contributed by atoms with van der Waals surface area (Å²) in [6.07, 6.45) is 0.0291. The predicted octanol–water partition coefficient (Wildman–Crippen LogP) is 3.71. The van der Waals surface area contributed by atoms with Crippen molar-refractivity contribution in [3.8, 4) is 28.4 Å². The van der Waals surface area contributed by atoms with Crippen molar-refractivity contribution in [3.63, 3.8) is 0 Å².